The van der Waals surface area contributed by atoms with E-state index in [9.17, 15) is 0 Å². The van der Waals surface area contributed by atoms with Gasteiger partial charge in [-0.25, -0.2) is 19.9 Å². The van der Waals surface area contributed by atoms with E-state index in [1.807, 2.05) is 17.7 Å². The highest BCUT2D eigenvalue weighted by Crippen LogP contribution is 2.14. The summed E-state index contributed by atoms with van der Waals surface area (Å²) in [7, 11) is 0. The number of aryl methyl sites for hydroxylation is 1. The molecule has 0 saturated carbocycles. The Bertz CT molecular complexity index is 971. The van der Waals surface area contributed by atoms with Crippen LogP contribution in [0.15, 0.2) is 49.6 Å². The van der Waals surface area contributed by atoms with E-state index in [4.69, 9.17) is 16.3 Å². The van der Waals surface area contributed by atoms with Crippen molar-refractivity contribution < 1.29 is 4.74 Å². The highest BCUT2D eigenvalue weighted by Gasteiger charge is 2.07. The lowest BCUT2D eigenvalue weighted by Gasteiger charge is -2.05. The van der Waals surface area contributed by atoms with E-state index in [2.05, 4.69) is 38.4 Å². The number of pyridine rings is 1. The third kappa shape index (κ3) is 4.22. The molecule has 0 fully saturated rings. The molecule has 6 nitrogen and oxygen atoms in total. The molecule has 3 heterocycles. The Morgan fingerprint density at radius 1 is 1.28 bits per heavy atom. The molecule has 0 aliphatic heterocycles. The molecule has 0 aliphatic carbocycles. The number of halogens is 1. The molecule has 124 valence electrons. The minimum atomic E-state index is 0.380. The smallest absolute Gasteiger partial charge is 0.218 e. The highest BCUT2D eigenvalue weighted by molar-refractivity contribution is 6.29. The van der Waals surface area contributed by atoms with Crippen LogP contribution < -0.4 is 4.74 Å². The second kappa shape index (κ2) is 7.60. The molecule has 0 unspecified atom stereocenters. The molecule has 3 aromatic rings. The summed E-state index contributed by atoms with van der Waals surface area (Å²) in [6.45, 7) is 5.87. The molecule has 0 radical (unpaired) electrons. The van der Waals surface area contributed by atoms with E-state index < -0.39 is 0 Å². The Balaban J connectivity index is 1.87. The van der Waals surface area contributed by atoms with Crippen LogP contribution in [0.5, 0.6) is 5.88 Å². The fourth-order valence-corrected chi connectivity index (χ4v) is 2.24. The Hall–Kier alpha value is -3.17. The number of imidazole rings is 1. The Morgan fingerprint density at radius 2 is 2.16 bits per heavy atom. The summed E-state index contributed by atoms with van der Waals surface area (Å²) in [5.74, 6) is 7.90. The molecule has 0 aromatic carbocycles. The van der Waals surface area contributed by atoms with Crippen LogP contribution in [-0.4, -0.2) is 31.1 Å². The van der Waals surface area contributed by atoms with Crippen LogP contribution in [0.4, 0.5) is 0 Å². The zero-order valence-corrected chi connectivity index (χ0v) is 14.2. The number of ether oxygens (including phenoxy) is 1. The summed E-state index contributed by atoms with van der Waals surface area (Å²) in [4.78, 5) is 16.7. The molecule has 3 aromatic heterocycles. The third-order valence-electron chi connectivity index (χ3n) is 3.17. The molecule has 0 N–H and O–H groups in total. The average molecular weight is 352 g/mol. The summed E-state index contributed by atoms with van der Waals surface area (Å²) in [5.41, 5.74) is 1.40. The molecular formula is C18H14ClN5O. The predicted molar refractivity (Wildman–Crippen MR) is 94.8 cm³/mol. The van der Waals surface area contributed by atoms with Gasteiger partial charge in [0.25, 0.3) is 0 Å². The first kappa shape index (κ1) is 16.7. The Morgan fingerprint density at radius 3 is 2.96 bits per heavy atom. The van der Waals surface area contributed by atoms with Crippen molar-refractivity contribution >= 4 is 11.6 Å². The zero-order valence-electron chi connectivity index (χ0n) is 13.5. The van der Waals surface area contributed by atoms with E-state index in [1.165, 1.54) is 6.33 Å². The van der Waals surface area contributed by atoms with E-state index >= 15 is 0 Å². The lowest BCUT2D eigenvalue weighted by Crippen LogP contribution is -2.02. The van der Waals surface area contributed by atoms with Gasteiger partial charge in [0, 0.05) is 24.0 Å². The van der Waals surface area contributed by atoms with Crippen molar-refractivity contribution in [1.29, 1.82) is 0 Å². The minimum Gasteiger partial charge on any atom is -0.473 e. The van der Waals surface area contributed by atoms with Crippen LogP contribution in [0, 0.1) is 18.8 Å². The van der Waals surface area contributed by atoms with Gasteiger partial charge in [0.2, 0.25) is 5.88 Å². The fraction of sp³-hybridized carbons (Fsp3) is 0.111. The molecule has 3 rings (SSSR count). The Labute approximate surface area is 150 Å². The van der Waals surface area contributed by atoms with E-state index in [-0.39, 0.29) is 0 Å². The van der Waals surface area contributed by atoms with Crippen LogP contribution in [0.25, 0.3) is 5.82 Å². The predicted octanol–water partition coefficient (Wildman–Crippen LogP) is 2.98. The van der Waals surface area contributed by atoms with Gasteiger partial charge < -0.3 is 4.74 Å². The zero-order chi connectivity index (χ0) is 17.6. The van der Waals surface area contributed by atoms with Crippen LogP contribution in [0.2, 0.25) is 5.15 Å². The van der Waals surface area contributed by atoms with Crippen LogP contribution in [-0.2, 0) is 0 Å². The van der Waals surface area contributed by atoms with Gasteiger partial charge in [-0.3, -0.25) is 4.57 Å². The van der Waals surface area contributed by atoms with Crippen molar-refractivity contribution in [2.24, 2.45) is 0 Å². The SMILES string of the molecule is C=CCOc1cc(-n2cc(C#Cc3ccnc(Cl)c3)nc2C)ncn1. The van der Waals surface area contributed by atoms with Crippen LogP contribution in [0.3, 0.4) is 0 Å². The van der Waals surface area contributed by atoms with E-state index in [1.54, 1.807) is 30.5 Å². The maximum absolute atomic E-state index is 5.86. The summed E-state index contributed by atoms with van der Waals surface area (Å²) >= 11 is 5.86. The van der Waals surface area contributed by atoms with Crippen molar-refractivity contribution in [2.45, 2.75) is 6.92 Å². The van der Waals surface area contributed by atoms with E-state index in [0.717, 1.165) is 11.4 Å². The monoisotopic (exact) mass is 351 g/mol. The number of aromatic nitrogens is 5. The molecule has 7 heteroatoms. The molecule has 0 saturated heterocycles. The van der Waals surface area contributed by atoms with Crippen LogP contribution in [0.1, 0.15) is 17.1 Å². The van der Waals surface area contributed by atoms with Crippen molar-refractivity contribution in [3.05, 3.63) is 71.8 Å². The van der Waals surface area contributed by atoms with Crippen molar-refractivity contribution in [1.82, 2.24) is 24.5 Å². The van der Waals surface area contributed by atoms with Crippen LogP contribution >= 0.6 is 11.6 Å². The molecular weight excluding hydrogens is 338 g/mol. The lowest BCUT2D eigenvalue weighted by molar-refractivity contribution is 0.347. The number of rotatable bonds is 4. The van der Waals surface area contributed by atoms with Gasteiger partial charge in [0.1, 0.15) is 35.4 Å². The summed E-state index contributed by atoms with van der Waals surface area (Å²) in [6.07, 6.45) is 6.52. The second-order valence-corrected chi connectivity index (χ2v) is 5.36. The molecule has 25 heavy (non-hydrogen) atoms. The molecule has 0 atom stereocenters. The quantitative estimate of drug-likeness (QED) is 0.410. The summed E-state index contributed by atoms with van der Waals surface area (Å²) < 4.78 is 7.26. The van der Waals surface area contributed by atoms with Gasteiger partial charge in [-0.2, -0.15) is 0 Å². The third-order valence-corrected chi connectivity index (χ3v) is 3.37. The van der Waals surface area contributed by atoms with Crippen molar-refractivity contribution in [2.75, 3.05) is 6.61 Å². The second-order valence-electron chi connectivity index (χ2n) is 4.97. The first-order valence-electron chi connectivity index (χ1n) is 7.41. The summed E-state index contributed by atoms with van der Waals surface area (Å²) in [5, 5.41) is 0.404. The topological polar surface area (TPSA) is 65.7 Å². The van der Waals surface area contributed by atoms with Gasteiger partial charge >= 0.3 is 0 Å². The van der Waals surface area contributed by atoms with Crippen molar-refractivity contribution in [3.8, 4) is 23.5 Å². The molecule has 0 bridgehead atoms. The highest BCUT2D eigenvalue weighted by atomic mass is 35.5. The van der Waals surface area contributed by atoms with Gasteiger partial charge in [0.05, 0.1) is 0 Å². The largest absolute Gasteiger partial charge is 0.473 e. The average Bonchev–Trinajstić information content (AvgIpc) is 2.99. The maximum atomic E-state index is 5.86. The van der Waals surface area contributed by atoms with Gasteiger partial charge in [-0.1, -0.05) is 30.2 Å². The van der Waals surface area contributed by atoms with Gasteiger partial charge in [-0.15, -0.1) is 0 Å². The number of hydrogen-bond donors (Lipinski definition) is 0. The fourth-order valence-electron chi connectivity index (χ4n) is 2.07. The lowest BCUT2D eigenvalue weighted by atomic mass is 10.3. The first-order valence-corrected chi connectivity index (χ1v) is 7.79. The standard InChI is InChI=1S/C18H14ClN5O/c1-3-8-25-18-10-17(21-12-22-18)24-11-15(23-13(24)2)5-4-14-6-7-20-16(19)9-14/h3,6-7,9-12H,1,8H2,2H3. The summed E-state index contributed by atoms with van der Waals surface area (Å²) in [6, 6.07) is 5.22. The minimum absolute atomic E-state index is 0.380. The van der Waals surface area contributed by atoms with Crippen molar-refractivity contribution in [3.63, 3.8) is 0 Å². The van der Waals surface area contributed by atoms with Gasteiger partial charge in [0.15, 0.2) is 0 Å². The molecule has 0 aliphatic rings. The molecule has 0 amide bonds. The Kier molecular flexibility index (Phi) is 5.07. The number of hydrogen-bond acceptors (Lipinski definition) is 5. The van der Waals surface area contributed by atoms with Gasteiger partial charge in [-0.05, 0) is 25.0 Å². The number of nitrogens with zero attached hydrogens (tertiary/aromatic N) is 5. The maximum Gasteiger partial charge on any atom is 0.218 e. The first-order chi connectivity index (χ1) is 12.2. The van der Waals surface area contributed by atoms with E-state index in [0.29, 0.717) is 29.2 Å². The normalized spacial score (nSPS) is 10.0. The molecule has 0 spiro atoms.